The van der Waals surface area contributed by atoms with Gasteiger partial charge in [0.1, 0.15) is 11.6 Å². The fourth-order valence-corrected chi connectivity index (χ4v) is 2.79. The van der Waals surface area contributed by atoms with E-state index in [4.69, 9.17) is 4.74 Å². The standard InChI is InChI=1S/C15H21F2NO/c1-14(2)8-13(15(3,4)19-14)18-9-10-7-11(16)5-6-12(10)17/h5-7,13,18H,8-9H2,1-4H3. The summed E-state index contributed by atoms with van der Waals surface area (Å²) in [7, 11) is 0. The van der Waals surface area contributed by atoms with Crippen molar-refractivity contribution < 1.29 is 13.5 Å². The van der Waals surface area contributed by atoms with Crippen molar-refractivity contribution in [1.82, 2.24) is 5.32 Å². The number of nitrogens with one attached hydrogen (secondary N) is 1. The first-order valence-corrected chi connectivity index (χ1v) is 6.57. The van der Waals surface area contributed by atoms with E-state index >= 15 is 0 Å². The summed E-state index contributed by atoms with van der Waals surface area (Å²) in [6, 6.07) is 3.64. The molecule has 1 aliphatic heterocycles. The zero-order valence-electron chi connectivity index (χ0n) is 11.9. The van der Waals surface area contributed by atoms with Gasteiger partial charge in [0.15, 0.2) is 0 Å². The topological polar surface area (TPSA) is 21.3 Å². The molecule has 0 spiro atoms. The molecule has 0 aliphatic carbocycles. The Balaban J connectivity index is 2.05. The minimum Gasteiger partial charge on any atom is -0.368 e. The van der Waals surface area contributed by atoms with Gasteiger partial charge in [0.25, 0.3) is 0 Å². The molecule has 1 heterocycles. The number of hydrogen-bond acceptors (Lipinski definition) is 2. The number of ether oxygens (including phenoxy) is 1. The molecular weight excluding hydrogens is 248 g/mol. The molecule has 0 amide bonds. The van der Waals surface area contributed by atoms with Gasteiger partial charge in [-0.05, 0) is 52.3 Å². The Morgan fingerprint density at radius 3 is 2.53 bits per heavy atom. The third kappa shape index (κ3) is 3.31. The maximum absolute atomic E-state index is 13.6. The summed E-state index contributed by atoms with van der Waals surface area (Å²) < 4.78 is 32.6. The number of rotatable bonds is 3. The highest BCUT2D eigenvalue weighted by atomic mass is 19.1. The van der Waals surface area contributed by atoms with Crippen molar-refractivity contribution in [1.29, 1.82) is 0 Å². The summed E-state index contributed by atoms with van der Waals surface area (Å²) in [5.41, 5.74) is -0.157. The predicted octanol–water partition coefficient (Wildman–Crippen LogP) is 3.40. The van der Waals surface area contributed by atoms with E-state index in [2.05, 4.69) is 5.32 Å². The molecule has 1 unspecified atom stereocenters. The van der Waals surface area contributed by atoms with Gasteiger partial charge in [-0.15, -0.1) is 0 Å². The monoisotopic (exact) mass is 269 g/mol. The van der Waals surface area contributed by atoms with E-state index in [1.807, 2.05) is 27.7 Å². The molecule has 4 heteroatoms. The Kier molecular flexibility index (Phi) is 3.67. The van der Waals surface area contributed by atoms with Crippen molar-refractivity contribution >= 4 is 0 Å². The highest BCUT2D eigenvalue weighted by Gasteiger charge is 2.45. The highest BCUT2D eigenvalue weighted by molar-refractivity contribution is 5.19. The maximum atomic E-state index is 13.6. The van der Waals surface area contributed by atoms with Crippen LogP contribution in [-0.4, -0.2) is 17.2 Å². The van der Waals surface area contributed by atoms with Crippen LogP contribution < -0.4 is 5.32 Å². The molecule has 1 aliphatic rings. The highest BCUT2D eigenvalue weighted by Crippen LogP contribution is 2.37. The van der Waals surface area contributed by atoms with Gasteiger partial charge in [-0.2, -0.15) is 0 Å². The quantitative estimate of drug-likeness (QED) is 0.908. The number of halogens is 2. The summed E-state index contributed by atoms with van der Waals surface area (Å²) in [5.74, 6) is -0.801. The summed E-state index contributed by atoms with van der Waals surface area (Å²) in [6.07, 6.45) is 0.844. The van der Waals surface area contributed by atoms with Crippen LogP contribution in [-0.2, 0) is 11.3 Å². The third-order valence-corrected chi connectivity index (χ3v) is 3.62. The van der Waals surface area contributed by atoms with Crippen LogP contribution in [0.4, 0.5) is 8.78 Å². The second-order valence-corrected chi connectivity index (χ2v) is 6.34. The molecule has 19 heavy (non-hydrogen) atoms. The molecule has 1 saturated heterocycles. The molecule has 1 aromatic carbocycles. The van der Waals surface area contributed by atoms with Gasteiger partial charge < -0.3 is 10.1 Å². The average Bonchev–Trinajstić information content (AvgIpc) is 2.48. The van der Waals surface area contributed by atoms with E-state index in [0.717, 1.165) is 18.6 Å². The van der Waals surface area contributed by atoms with Crippen molar-refractivity contribution in [3.8, 4) is 0 Å². The van der Waals surface area contributed by atoms with E-state index in [9.17, 15) is 8.78 Å². The van der Waals surface area contributed by atoms with Gasteiger partial charge >= 0.3 is 0 Å². The Morgan fingerprint density at radius 1 is 1.26 bits per heavy atom. The Morgan fingerprint density at radius 2 is 1.95 bits per heavy atom. The van der Waals surface area contributed by atoms with Crippen LogP contribution in [0.15, 0.2) is 18.2 Å². The molecule has 1 N–H and O–H groups in total. The lowest BCUT2D eigenvalue weighted by Crippen LogP contribution is -2.43. The maximum Gasteiger partial charge on any atom is 0.127 e. The van der Waals surface area contributed by atoms with Crippen LogP contribution in [0.5, 0.6) is 0 Å². The van der Waals surface area contributed by atoms with E-state index in [-0.39, 0.29) is 23.1 Å². The van der Waals surface area contributed by atoms with E-state index in [0.29, 0.717) is 12.1 Å². The van der Waals surface area contributed by atoms with Crippen molar-refractivity contribution in [3.63, 3.8) is 0 Å². The molecule has 0 bridgehead atoms. The molecule has 1 atom stereocenters. The summed E-state index contributed by atoms with van der Waals surface area (Å²) >= 11 is 0. The predicted molar refractivity (Wildman–Crippen MR) is 70.8 cm³/mol. The zero-order valence-corrected chi connectivity index (χ0v) is 11.9. The molecule has 0 radical (unpaired) electrons. The third-order valence-electron chi connectivity index (χ3n) is 3.62. The van der Waals surface area contributed by atoms with Gasteiger partial charge in [0.05, 0.1) is 11.2 Å². The molecule has 1 aromatic rings. The van der Waals surface area contributed by atoms with Gasteiger partial charge in [-0.1, -0.05) is 0 Å². The largest absolute Gasteiger partial charge is 0.368 e. The van der Waals surface area contributed by atoms with Crippen LogP contribution in [0.3, 0.4) is 0 Å². The van der Waals surface area contributed by atoms with Crippen LogP contribution in [0.25, 0.3) is 0 Å². The van der Waals surface area contributed by atoms with Gasteiger partial charge in [-0.25, -0.2) is 8.78 Å². The fraction of sp³-hybridized carbons (Fsp3) is 0.600. The lowest BCUT2D eigenvalue weighted by Gasteiger charge is -2.28. The summed E-state index contributed by atoms with van der Waals surface area (Å²) in [5, 5.41) is 3.28. The van der Waals surface area contributed by atoms with Crippen LogP contribution >= 0.6 is 0 Å². The molecule has 106 valence electrons. The first-order valence-electron chi connectivity index (χ1n) is 6.57. The number of hydrogen-bond donors (Lipinski definition) is 1. The summed E-state index contributed by atoms with van der Waals surface area (Å²) in [6.45, 7) is 8.41. The van der Waals surface area contributed by atoms with E-state index in [1.54, 1.807) is 0 Å². The Labute approximate surface area is 113 Å². The molecule has 2 nitrogen and oxygen atoms in total. The van der Waals surface area contributed by atoms with Crippen LogP contribution in [0, 0.1) is 11.6 Å². The second kappa shape index (κ2) is 4.84. The fourth-order valence-electron chi connectivity index (χ4n) is 2.79. The lowest BCUT2D eigenvalue weighted by atomic mass is 9.94. The van der Waals surface area contributed by atoms with Crippen LogP contribution in [0.1, 0.15) is 39.7 Å². The minimum atomic E-state index is -0.416. The first kappa shape index (κ1) is 14.4. The molecule has 0 saturated carbocycles. The van der Waals surface area contributed by atoms with Crippen molar-refractivity contribution in [2.45, 2.75) is 57.9 Å². The molecule has 1 fully saturated rings. The minimum absolute atomic E-state index is 0.116. The van der Waals surface area contributed by atoms with Gasteiger partial charge in [0, 0.05) is 18.2 Å². The van der Waals surface area contributed by atoms with Crippen molar-refractivity contribution in [2.75, 3.05) is 0 Å². The second-order valence-electron chi connectivity index (χ2n) is 6.34. The normalized spacial score (nSPS) is 24.6. The van der Waals surface area contributed by atoms with E-state index < -0.39 is 5.82 Å². The summed E-state index contributed by atoms with van der Waals surface area (Å²) in [4.78, 5) is 0. The molecule has 2 rings (SSSR count). The smallest absolute Gasteiger partial charge is 0.127 e. The van der Waals surface area contributed by atoms with E-state index in [1.165, 1.54) is 6.07 Å². The average molecular weight is 269 g/mol. The van der Waals surface area contributed by atoms with Crippen molar-refractivity contribution in [2.24, 2.45) is 0 Å². The molecular formula is C15H21F2NO. The SMILES string of the molecule is CC1(C)CC(NCc2cc(F)ccc2F)C(C)(C)O1. The molecule has 0 aromatic heterocycles. The first-order chi connectivity index (χ1) is 8.70. The Hall–Kier alpha value is -1.00. The lowest BCUT2D eigenvalue weighted by molar-refractivity contribution is -0.0699. The number of benzene rings is 1. The van der Waals surface area contributed by atoms with Gasteiger partial charge in [-0.3, -0.25) is 0 Å². The van der Waals surface area contributed by atoms with Crippen LogP contribution in [0.2, 0.25) is 0 Å². The zero-order chi connectivity index (χ0) is 14.3. The Bertz CT molecular complexity index is 471. The van der Waals surface area contributed by atoms with Crippen molar-refractivity contribution in [3.05, 3.63) is 35.4 Å². The van der Waals surface area contributed by atoms with Gasteiger partial charge in [0.2, 0.25) is 0 Å².